The van der Waals surface area contributed by atoms with Crippen molar-refractivity contribution in [3.05, 3.63) is 56.8 Å². The molecule has 2 rings (SSSR count). The predicted octanol–water partition coefficient (Wildman–Crippen LogP) is 4.02. The van der Waals surface area contributed by atoms with Crippen LogP contribution in [-0.2, 0) is 28.8 Å². The Balaban J connectivity index is 2.27. The lowest BCUT2D eigenvalue weighted by atomic mass is 9.97. The van der Waals surface area contributed by atoms with E-state index in [0.29, 0.717) is 18.4 Å². The molecule has 28 heavy (non-hydrogen) atoms. The van der Waals surface area contributed by atoms with Gasteiger partial charge in [-0.3, -0.25) is 0 Å². The van der Waals surface area contributed by atoms with Crippen LogP contribution in [0.2, 0.25) is 0 Å². The Morgan fingerprint density at radius 3 is 2.61 bits per heavy atom. The molecule has 0 aliphatic rings. The zero-order valence-corrected chi connectivity index (χ0v) is 16.7. The van der Waals surface area contributed by atoms with Crippen molar-refractivity contribution in [2.45, 2.75) is 33.1 Å². The molecule has 0 aliphatic carbocycles. The lowest BCUT2D eigenvalue weighted by Gasteiger charge is -2.15. The van der Waals surface area contributed by atoms with Crippen LogP contribution in [0.15, 0.2) is 35.2 Å². The van der Waals surface area contributed by atoms with Gasteiger partial charge in [0.1, 0.15) is 17.4 Å². The fourth-order valence-electron chi connectivity index (χ4n) is 2.81. The SMILES string of the molecule is CCc1ccc(C=C(C#N)C(=O)OCCc2cccs2)c(OC(N)=O)c1CC. The monoisotopic (exact) mass is 398 g/mol. The van der Waals surface area contributed by atoms with Crippen molar-refractivity contribution in [2.24, 2.45) is 5.73 Å². The van der Waals surface area contributed by atoms with Gasteiger partial charge in [-0.25, -0.2) is 9.59 Å². The highest BCUT2D eigenvalue weighted by Crippen LogP contribution is 2.30. The number of thiophene rings is 1. The zero-order chi connectivity index (χ0) is 20.5. The van der Waals surface area contributed by atoms with E-state index in [1.165, 1.54) is 6.08 Å². The molecular formula is C21H22N2O4S. The van der Waals surface area contributed by atoms with E-state index in [1.54, 1.807) is 17.4 Å². The van der Waals surface area contributed by atoms with Crippen LogP contribution >= 0.6 is 11.3 Å². The summed E-state index contributed by atoms with van der Waals surface area (Å²) in [5, 5.41) is 11.3. The molecule has 2 N–H and O–H groups in total. The van der Waals surface area contributed by atoms with Gasteiger partial charge >= 0.3 is 12.1 Å². The lowest BCUT2D eigenvalue weighted by Crippen LogP contribution is -2.18. The molecule has 1 aromatic carbocycles. The second kappa shape index (κ2) is 10.3. The van der Waals surface area contributed by atoms with Gasteiger partial charge in [-0.2, -0.15) is 5.26 Å². The first-order chi connectivity index (χ1) is 13.5. The maximum Gasteiger partial charge on any atom is 0.409 e. The number of benzene rings is 1. The van der Waals surface area contributed by atoms with Gasteiger partial charge in [0.2, 0.25) is 0 Å². The summed E-state index contributed by atoms with van der Waals surface area (Å²) < 4.78 is 10.4. The van der Waals surface area contributed by atoms with Crippen LogP contribution in [0.1, 0.15) is 35.4 Å². The summed E-state index contributed by atoms with van der Waals surface area (Å²) in [4.78, 5) is 24.7. The topological polar surface area (TPSA) is 102 Å². The van der Waals surface area contributed by atoms with E-state index in [9.17, 15) is 14.9 Å². The number of aryl methyl sites for hydroxylation is 1. The predicted molar refractivity (Wildman–Crippen MR) is 108 cm³/mol. The minimum Gasteiger partial charge on any atom is -0.461 e. The number of ether oxygens (including phenoxy) is 2. The smallest absolute Gasteiger partial charge is 0.409 e. The molecule has 0 fully saturated rings. The van der Waals surface area contributed by atoms with Crippen molar-refractivity contribution in [3.63, 3.8) is 0 Å². The molecule has 1 aromatic heterocycles. The number of carbonyl (C=O) groups is 2. The average Bonchev–Trinajstić information content (AvgIpc) is 3.19. The first kappa shape index (κ1) is 21.2. The third-order valence-corrected chi connectivity index (χ3v) is 5.06. The Hall–Kier alpha value is -3.11. The largest absolute Gasteiger partial charge is 0.461 e. The first-order valence-electron chi connectivity index (χ1n) is 8.93. The number of carbonyl (C=O) groups excluding carboxylic acids is 2. The highest BCUT2D eigenvalue weighted by Gasteiger charge is 2.17. The number of rotatable bonds is 8. The van der Waals surface area contributed by atoms with Crippen LogP contribution in [0.3, 0.4) is 0 Å². The Morgan fingerprint density at radius 1 is 1.25 bits per heavy atom. The summed E-state index contributed by atoms with van der Waals surface area (Å²) in [6, 6.07) is 9.32. The molecule has 146 valence electrons. The molecule has 0 aliphatic heterocycles. The van der Waals surface area contributed by atoms with Crippen LogP contribution in [0.5, 0.6) is 5.75 Å². The van der Waals surface area contributed by atoms with Crippen LogP contribution in [0.25, 0.3) is 6.08 Å². The second-order valence-electron chi connectivity index (χ2n) is 5.88. The minimum absolute atomic E-state index is 0.174. The summed E-state index contributed by atoms with van der Waals surface area (Å²) in [6.07, 6.45) is 2.36. The number of hydrogen-bond acceptors (Lipinski definition) is 6. The van der Waals surface area contributed by atoms with E-state index in [1.807, 2.05) is 43.5 Å². The molecule has 0 unspecified atom stereocenters. The van der Waals surface area contributed by atoms with Gasteiger partial charge in [-0.15, -0.1) is 11.3 Å². The minimum atomic E-state index is -0.949. The normalized spacial score (nSPS) is 11.0. The third kappa shape index (κ3) is 5.44. The molecule has 1 amide bonds. The molecule has 1 heterocycles. The Labute approximate surface area is 168 Å². The summed E-state index contributed by atoms with van der Waals surface area (Å²) in [5.41, 5.74) is 7.29. The Morgan fingerprint density at radius 2 is 2.04 bits per heavy atom. The molecule has 7 heteroatoms. The molecule has 0 saturated carbocycles. The second-order valence-corrected chi connectivity index (χ2v) is 6.92. The fourth-order valence-corrected chi connectivity index (χ4v) is 3.50. The first-order valence-corrected chi connectivity index (χ1v) is 9.81. The van der Waals surface area contributed by atoms with Gasteiger partial charge < -0.3 is 15.2 Å². The van der Waals surface area contributed by atoms with Crippen LogP contribution in [-0.4, -0.2) is 18.7 Å². The van der Waals surface area contributed by atoms with E-state index in [4.69, 9.17) is 15.2 Å². The highest BCUT2D eigenvalue weighted by atomic mass is 32.1. The quantitative estimate of drug-likeness (QED) is 0.411. The molecule has 2 aromatic rings. The zero-order valence-electron chi connectivity index (χ0n) is 15.9. The summed E-state index contributed by atoms with van der Waals surface area (Å²) in [7, 11) is 0. The van der Waals surface area contributed by atoms with Crippen molar-refractivity contribution >= 4 is 29.5 Å². The number of hydrogen-bond donors (Lipinski definition) is 1. The van der Waals surface area contributed by atoms with Gasteiger partial charge in [0, 0.05) is 16.9 Å². The number of nitriles is 1. The van der Waals surface area contributed by atoms with Crippen LogP contribution in [0, 0.1) is 11.3 Å². The molecule has 0 spiro atoms. The Bertz CT molecular complexity index is 911. The molecule has 0 saturated heterocycles. The van der Waals surface area contributed by atoms with E-state index in [0.717, 1.165) is 22.4 Å². The maximum absolute atomic E-state index is 12.3. The van der Waals surface area contributed by atoms with Gasteiger partial charge in [0.15, 0.2) is 0 Å². The van der Waals surface area contributed by atoms with E-state index >= 15 is 0 Å². The van der Waals surface area contributed by atoms with Crippen molar-refractivity contribution in [1.29, 1.82) is 5.26 Å². The van der Waals surface area contributed by atoms with Crippen LogP contribution < -0.4 is 10.5 Å². The van der Waals surface area contributed by atoms with Gasteiger partial charge in [0.25, 0.3) is 0 Å². The van der Waals surface area contributed by atoms with E-state index < -0.39 is 12.1 Å². The lowest BCUT2D eigenvalue weighted by molar-refractivity contribution is -0.138. The van der Waals surface area contributed by atoms with Crippen LogP contribution in [0.4, 0.5) is 4.79 Å². The summed E-state index contributed by atoms with van der Waals surface area (Å²) in [5.74, 6) is -0.449. The standard InChI is InChI=1S/C21H22N2O4S/c1-3-14-7-8-15(19(18(14)4-2)27-21(23)25)12-16(13-22)20(24)26-10-9-17-6-5-11-28-17/h5-8,11-12H,3-4,9-10H2,1-2H3,(H2,23,25). The fraction of sp³-hybridized carbons (Fsp3) is 0.286. The van der Waals surface area contributed by atoms with E-state index in [2.05, 4.69) is 0 Å². The maximum atomic E-state index is 12.3. The van der Waals surface area contributed by atoms with E-state index in [-0.39, 0.29) is 17.9 Å². The number of nitrogens with zero attached hydrogens (tertiary/aromatic N) is 1. The van der Waals surface area contributed by atoms with Crippen molar-refractivity contribution < 1.29 is 19.1 Å². The van der Waals surface area contributed by atoms with Crippen molar-refractivity contribution in [2.75, 3.05) is 6.61 Å². The molecule has 0 atom stereocenters. The number of nitrogens with two attached hydrogens (primary N) is 1. The number of primary amides is 1. The van der Waals surface area contributed by atoms with Gasteiger partial charge in [0.05, 0.1) is 6.61 Å². The number of amides is 1. The molecule has 0 bridgehead atoms. The molecule has 0 radical (unpaired) electrons. The van der Waals surface area contributed by atoms with Crippen molar-refractivity contribution in [3.8, 4) is 11.8 Å². The van der Waals surface area contributed by atoms with Gasteiger partial charge in [-0.1, -0.05) is 32.0 Å². The average molecular weight is 398 g/mol. The highest BCUT2D eigenvalue weighted by molar-refractivity contribution is 7.09. The summed E-state index contributed by atoms with van der Waals surface area (Å²) >= 11 is 1.58. The van der Waals surface area contributed by atoms with Gasteiger partial charge in [-0.05, 0) is 41.5 Å². The molecule has 6 nitrogen and oxygen atoms in total. The Kier molecular flexibility index (Phi) is 7.78. The summed E-state index contributed by atoms with van der Waals surface area (Å²) in [6.45, 7) is 4.10. The number of esters is 1. The molecular weight excluding hydrogens is 376 g/mol. The third-order valence-electron chi connectivity index (χ3n) is 4.13. The van der Waals surface area contributed by atoms with Crippen molar-refractivity contribution in [1.82, 2.24) is 0 Å².